The zero-order valence-electron chi connectivity index (χ0n) is 12.6. The molecular weight excluding hydrogens is 230 g/mol. The second kappa shape index (κ2) is 7.69. The van der Waals surface area contributed by atoms with Crippen molar-refractivity contribution >= 4 is 0 Å². The molecular formula is C18H29N. The molecule has 0 saturated heterocycles. The first kappa shape index (κ1) is 14.6. The van der Waals surface area contributed by atoms with Gasteiger partial charge in [-0.1, -0.05) is 44.0 Å². The van der Waals surface area contributed by atoms with E-state index in [1.807, 2.05) is 0 Å². The van der Waals surface area contributed by atoms with Gasteiger partial charge in [0, 0.05) is 6.04 Å². The Morgan fingerprint density at radius 3 is 2.89 bits per heavy atom. The zero-order valence-corrected chi connectivity index (χ0v) is 12.6. The van der Waals surface area contributed by atoms with E-state index >= 15 is 0 Å². The maximum Gasteiger partial charge on any atom is 0.00639 e. The van der Waals surface area contributed by atoms with Gasteiger partial charge in [0.15, 0.2) is 0 Å². The van der Waals surface area contributed by atoms with Crippen LogP contribution in [0.2, 0.25) is 0 Å². The summed E-state index contributed by atoms with van der Waals surface area (Å²) in [6.45, 7) is 2.28. The Labute approximate surface area is 118 Å². The van der Waals surface area contributed by atoms with Crippen LogP contribution in [-0.2, 0) is 6.42 Å². The van der Waals surface area contributed by atoms with Crippen LogP contribution in [0.25, 0.3) is 0 Å². The molecule has 0 saturated carbocycles. The second-order valence-electron chi connectivity index (χ2n) is 5.99. The lowest BCUT2D eigenvalue weighted by molar-refractivity contribution is 0.431. The van der Waals surface area contributed by atoms with Crippen LogP contribution in [0.3, 0.4) is 0 Å². The molecule has 0 radical (unpaired) electrons. The molecule has 2 rings (SSSR count). The SMILES string of the molecule is CCCC(CCCC1CCCc2ccccc21)NC. The van der Waals surface area contributed by atoms with Gasteiger partial charge in [-0.05, 0) is 62.6 Å². The Morgan fingerprint density at radius 1 is 1.26 bits per heavy atom. The van der Waals surface area contributed by atoms with Crippen LogP contribution < -0.4 is 5.32 Å². The molecule has 0 amide bonds. The summed E-state index contributed by atoms with van der Waals surface area (Å²) in [7, 11) is 2.11. The van der Waals surface area contributed by atoms with E-state index in [1.165, 1.54) is 51.4 Å². The number of hydrogen-bond donors (Lipinski definition) is 1. The van der Waals surface area contributed by atoms with Gasteiger partial charge in [-0.2, -0.15) is 0 Å². The number of aryl methyl sites for hydroxylation is 1. The van der Waals surface area contributed by atoms with E-state index in [9.17, 15) is 0 Å². The van der Waals surface area contributed by atoms with Crippen LogP contribution in [-0.4, -0.2) is 13.1 Å². The molecule has 2 unspecified atom stereocenters. The zero-order chi connectivity index (χ0) is 13.5. The molecule has 106 valence electrons. The third kappa shape index (κ3) is 4.07. The van der Waals surface area contributed by atoms with Crippen LogP contribution in [0, 0.1) is 0 Å². The Hall–Kier alpha value is -0.820. The maximum atomic E-state index is 3.46. The molecule has 1 heteroatoms. The fraction of sp³-hybridized carbons (Fsp3) is 0.667. The van der Waals surface area contributed by atoms with Gasteiger partial charge < -0.3 is 5.32 Å². The van der Waals surface area contributed by atoms with E-state index in [0.29, 0.717) is 0 Å². The summed E-state index contributed by atoms with van der Waals surface area (Å²) in [5.74, 6) is 0.823. The van der Waals surface area contributed by atoms with Gasteiger partial charge in [-0.15, -0.1) is 0 Å². The van der Waals surface area contributed by atoms with Crippen LogP contribution in [0.15, 0.2) is 24.3 Å². The first-order valence-electron chi connectivity index (χ1n) is 8.10. The van der Waals surface area contributed by atoms with Crippen molar-refractivity contribution in [3.63, 3.8) is 0 Å². The Bertz CT molecular complexity index is 372. The van der Waals surface area contributed by atoms with Crippen molar-refractivity contribution < 1.29 is 0 Å². The fourth-order valence-corrected chi connectivity index (χ4v) is 3.55. The van der Waals surface area contributed by atoms with Crippen LogP contribution in [0.5, 0.6) is 0 Å². The van der Waals surface area contributed by atoms with Crippen molar-refractivity contribution in [2.75, 3.05) is 7.05 Å². The van der Waals surface area contributed by atoms with Gasteiger partial charge in [0.2, 0.25) is 0 Å². The first-order chi connectivity index (χ1) is 9.35. The molecule has 0 aliphatic heterocycles. The van der Waals surface area contributed by atoms with Gasteiger partial charge >= 0.3 is 0 Å². The van der Waals surface area contributed by atoms with E-state index in [4.69, 9.17) is 0 Å². The minimum absolute atomic E-state index is 0.726. The lowest BCUT2D eigenvalue weighted by atomic mass is 9.80. The van der Waals surface area contributed by atoms with Gasteiger partial charge in [0.1, 0.15) is 0 Å². The Balaban J connectivity index is 1.84. The van der Waals surface area contributed by atoms with Crippen LogP contribution in [0.4, 0.5) is 0 Å². The van der Waals surface area contributed by atoms with Crippen molar-refractivity contribution in [1.82, 2.24) is 5.32 Å². The Morgan fingerprint density at radius 2 is 2.11 bits per heavy atom. The molecule has 2 atom stereocenters. The highest BCUT2D eigenvalue weighted by molar-refractivity contribution is 5.32. The van der Waals surface area contributed by atoms with Gasteiger partial charge in [-0.3, -0.25) is 0 Å². The van der Waals surface area contributed by atoms with Crippen molar-refractivity contribution in [1.29, 1.82) is 0 Å². The molecule has 0 bridgehead atoms. The average molecular weight is 259 g/mol. The molecule has 0 spiro atoms. The van der Waals surface area contributed by atoms with Crippen LogP contribution in [0.1, 0.15) is 68.9 Å². The van der Waals surface area contributed by atoms with E-state index in [2.05, 4.69) is 43.6 Å². The maximum absolute atomic E-state index is 3.46. The van der Waals surface area contributed by atoms with Crippen molar-refractivity contribution in [2.45, 2.75) is 70.3 Å². The van der Waals surface area contributed by atoms with Gasteiger partial charge in [-0.25, -0.2) is 0 Å². The second-order valence-corrected chi connectivity index (χ2v) is 5.99. The smallest absolute Gasteiger partial charge is 0.00639 e. The molecule has 0 aromatic heterocycles. The number of fused-ring (bicyclic) bond motifs is 1. The highest BCUT2D eigenvalue weighted by Crippen LogP contribution is 2.35. The molecule has 1 nitrogen and oxygen atoms in total. The Kier molecular flexibility index (Phi) is 5.91. The summed E-state index contributed by atoms with van der Waals surface area (Å²) in [5, 5.41) is 3.46. The summed E-state index contributed by atoms with van der Waals surface area (Å²) in [6.07, 6.45) is 10.8. The molecule has 1 aromatic rings. The number of hydrogen-bond acceptors (Lipinski definition) is 1. The molecule has 0 heterocycles. The predicted octanol–water partition coefficient (Wildman–Crippen LogP) is 4.66. The molecule has 0 fully saturated rings. The van der Waals surface area contributed by atoms with Crippen molar-refractivity contribution in [3.05, 3.63) is 35.4 Å². The largest absolute Gasteiger partial charge is 0.317 e. The third-order valence-corrected chi connectivity index (χ3v) is 4.64. The van der Waals surface area contributed by atoms with Crippen molar-refractivity contribution in [2.24, 2.45) is 0 Å². The molecule has 1 aliphatic rings. The number of benzene rings is 1. The average Bonchev–Trinajstić information content (AvgIpc) is 2.46. The van der Waals surface area contributed by atoms with E-state index < -0.39 is 0 Å². The van der Waals surface area contributed by atoms with E-state index in [-0.39, 0.29) is 0 Å². The lowest BCUT2D eigenvalue weighted by Crippen LogP contribution is -2.24. The van der Waals surface area contributed by atoms with Crippen LogP contribution >= 0.6 is 0 Å². The number of rotatable bonds is 7. The summed E-state index contributed by atoms with van der Waals surface area (Å²) >= 11 is 0. The fourth-order valence-electron chi connectivity index (χ4n) is 3.55. The highest BCUT2D eigenvalue weighted by atomic mass is 14.9. The summed E-state index contributed by atoms with van der Waals surface area (Å²) in [6, 6.07) is 9.82. The highest BCUT2D eigenvalue weighted by Gasteiger charge is 2.19. The quantitative estimate of drug-likeness (QED) is 0.750. The van der Waals surface area contributed by atoms with E-state index in [0.717, 1.165) is 12.0 Å². The lowest BCUT2D eigenvalue weighted by Gasteiger charge is -2.26. The number of nitrogens with one attached hydrogen (secondary N) is 1. The summed E-state index contributed by atoms with van der Waals surface area (Å²) in [4.78, 5) is 0. The minimum atomic E-state index is 0.726. The summed E-state index contributed by atoms with van der Waals surface area (Å²) < 4.78 is 0. The third-order valence-electron chi connectivity index (χ3n) is 4.64. The topological polar surface area (TPSA) is 12.0 Å². The summed E-state index contributed by atoms with van der Waals surface area (Å²) in [5.41, 5.74) is 3.25. The molecule has 19 heavy (non-hydrogen) atoms. The normalized spacial score (nSPS) is 20.0. The molecule has 1 N–H and O–H groups in total. The predicted molar refractivity (Wildman–Crippen MR) is 83.7 cm³/mol. The molecule has 1 aromatic carbocycles. The van der Waals surface area contributed by atoms with Gasteiger partial charge in [0.25, 0.3) is 0 Å². The molecule has 1 aliphatic carbocycles. The van der Waals surface area contributed by atoms with E-state index in [1.54, 1.807) is 11.1 Å². The van der Waals surface area contributed by atoms with Gasteiger partial charge in [0.05, 0.1) is 0 Å². The monoisotopic (exact) mass is 259 g/mol. The first-order valence-corrected chi connectivity index (χ1v) is 8.10. The minimum Gasteiger partial charge on any atom is -0.317 e. The van der Waals surface area contributed by atoms with Crippen molar-refractivity contribution in [3.8, 4) is 0 Å². The standard InChI is InChI=1S/C18H29N/c1-3-8-17(19-2)13-7-12-16-11-6-10-15-9-4-5-14-18(15)16/h4-5,9,14,16-17,19H,3,6-8,10-13H2,1-2H3.